The first-order valence-corrected chi connectivity index (χ1v) is 7.91. The molecule has 1 aromatic heterocycles. The number of carbonyl (C=O) groups is 1. The smallest absolute Gasteiger partial charge is 0.287 e. The summed E-state index contributed by atoms with van der Waals surface area (Å²) in [5.74, 6) is -0.472. The number of rotatable bonds is 5. The molecular weight excluding hydrogens is 360 g/mol. The first-order valence-electron chi connectivity index (χ1n) is 7.53. The molecule has 132 valence electrons. The molecule has 0 saturated heterocycles. The molecule has 0 spiro atoms. The van der Waals surface area contributed by atoms with Crippen LogP contribution in [0.4, 0.5) is 5.69 Å². The van der Waals surface area contributed by atoms with Gasteiger partial charge in [0.1, 0.15) is 5.76 Å². The van der Waals surface area contributed by atoms with Crippen molar-refractivity contribution in [3.63, 3.8) is 0 Å². The fraction of sp³-hybridized carbons (Fsp3) is 0.0556. The Morgan fingerprint density at radius 2 is 1.92 bits per heavy atom. The number of non-ortho nitro benzene ring substituents is 1. The van der Waals surface area contributed by atoms with Crippen LogP contribution in [-0.4, -0.2) is 10.8 Å². The van der Waals surface area contributed by atoms with Crippen LogP contribution in [0.5, 0.6) is 5.75 Å². The molecule has 3 rings (SSSR count). The molecule has 8 heteroatoms. The number of hydrogen-bond donors (Lipinski definition) is 1. The molecule has 0 radical (unpaired) electrons. The van der Waals surface area contributed by atoms with Gasteiger partial charge in [-0.1, -0.05) is 29.8 Å². The van der Waals surface area contributed by atoms with Crippen molar-refractivity contribution in [3.8, 4) is 17.1 Å². The molecule has 0 unspecified atom stereocenters. The highest BCUT2D eigenvalue weighted by atomic mass is 35.5. The molecule has 7 nitrogen and oxygen atoms in total. The van der Waals surface area contributed by atoms with E-state index in [9.17, 15) is 20.0 Å². The second-order valence-electron chi connectivity index (χ2n) is 5.38. The van der Waals surface area contributed by atoms with Gasteiger partial charge in [-0.2, -0.15) is 0 Å². The summed E-state index contributed by atoms with van der Waals surface area (Å²) in [7, 11) is 0. The van der Waals surface area contributed by atoms with Crippen LogP contribution in [-0.2, 0) is 6.54 Å². The minimum absolute atomic E-state index is 0.0396. The molecule has 0 saturated carbocycles. The lowest BCUT2D eigenvalue weighted by Gasteiger charge is -2.13. The maximum atomic E-state index is 12.2. The van der Waals surface area contributed by atoms with Gasteiger partial charge in [0.2, 0.25) is 0 Å². The van der Waals surface area contributed by atoms with Crippen molar-refractivity contribution in [2.75, 3.05) is 0 Å². The van der Waals surface area contributed by atoms with Crippen molar-refractivity contribution in [1.82, 2.24) is 5.32 Å². The van der Waals surface area contributed by atoms with E-state index in [1.54, 1.807) is 30.3 Å². The minimum atomic E-state index is -0.604. The molecule has 0 bridgehead atoms. The zero-order valence-corrected chi connectivity index (χ0v) is 14.0. The summed E-state index contributed by atoms with van der Waals surface area (Å²) >= 11 is 6.10. The van der Waals surface area contributed by atoms with Crippen LogP contribution in [0.2, 0.25) is 5.02 Å². The lowest BCUT2D eigenvalue weighted by atomic mass is 10.1. The van der Waals surface area contributed by atoms with Gasteiger partial charge in [0, 0.05) is 24.2 Å². The van der Waals surface area contributed by atoms with E-state index < -0.39 is 16.6 Å². The molecule has 0 atom stereocenters. The monoisotopic (exact) mass is 371 g/mol. The summed E-state index contributed by atoms with van der Waals surface area (Å²) in [6.45, 7) is -0.151. The highest BCUT2D eigenvalue weighted by molar-refractivity contribution is 6.33. The lowest BCUT2D eigenvalue weighted by Crippen LogP contribution is -2.23. The van der Waals surface area contributed by atoms with Crippen LogP contribution < -0.4 is 10.4 Å². The molecule has 0 fully saturated rings. The Kier molecular flexibility index (Phi) is 4.90. The normalized spacial score (nSPS) is 10.5. The Morgan fingerprint density at radius 3 is 2.65 bits per heavy atom. The zero-order chi connectivity index (χ0) is 18.7. The van der Waals surface area contributed by atoms with Crippen LogP contribution >= 0.6 is 11.6 Å². The van der Waals surface area contributed by atoms with Gasteiger partial charge in [-0.25, -0.2) is 0 Å². The third-order valence-corrected chi connectivity index (χ3v) is 3.99. The average molecular weight is 372 g/mol. The first kappa shape index (κ1) is 17.5. The predicted molar refractivity (Wildman–Crippen MR) is 92.9 cm³/mol. The van der Waals surface area contributed by atoms with Gasteiger partial charge in [-0.05, 0) is 29.8 Å². The zero-order valence-electron chi connectivity index (χ0n) is 13.3. The van der Waals surface area contributed by atoms with E-state index in [2.05, 4.69) is 5.32 Å². The highest BCUT2D eigenvalue weighted by Gasteiger charge is 2.14. The van der Waals surface area contributed by atoms with E-state index in [0.29, 0.717) is 16.3 Å². The molecule has 1 amide bonds. The fourth-order valence-electron chi connectivity index (χ4n) is 2.35. The topological polar surface area (TPSA) is 108 Å². The van der Waals surface area contributed by atoms with Crippen molar-refractivity contribution in [2.45, 2.75) is 6.54 Å². The minimum Gasteiger partial charge on any atom is -0.872 e. The molecule has 0 aliphatic heterocycles. The van der Waals surface area contributed by atoms with Gasteiger partial charge in [0.25, 0.3) is 11.6 Å². The average Bonchev–Trinajstić information content (AvgIpc) is 3.11. The maximum absolute atomic E-state index is 12.2. The van der Waals surface area contributed by atoms with E-state index in [0.717, 1.165) is 18.2 Å². The quantitative estimate of drug-likeness (QED) is 0.545. The van der Waals surface area contributed by atoms with Crippen molar-refractivity contribution in [3.05, 3.63) is 81.1 Å². The van der Waals surface area contributed by atoms with Crippen LogP contribution in [0.3, 0.4) is 0 Å². The fourth-order valence-corrected chi connectivity index (χ4v) is 2.57. The van der Waals surface area contributed by atoms with E-state index in [4.69, 9.17) is 16.0 Å². The van der Waals surface area contributed by atoms with Crippen LogP contribution in [0.15, 0.2) is 59.0 Å². The molecule has 1 N–H and O–H groups in total. The second kappa shape index (κ2) is 7.28. The standard InChI is InChI=1S/C18H13ClN2O5/c19-14-4-2-1-3-13(14)16-7-8-17(26-16)18(23)20-10-11-9-12(21(24)25)5-6-15(11)22/h1-9,22H,10H2,(H,20,23)/p-1. The Hall–Kier alpha value is -3.32. The highest BCUT2D eigenvalue weighted by Crippen LogP contribution is 2.29. The number of carbonyl (C=O) groups excluding carboxylic acids is 1. The van der Waals surface area contributed by atoms with Gasteiger partial charge in [0.05, 0.1) is 9.95 Å². The summed E-state index contributed by atoms with van der Waals surface area (Å²) in [6.07, 6.45) is 0. The van der Waals surface area contributed by atoms with E-state index in [1.165, 1.54) is 6.07 Å². The van der Waals surface area contributed by atoms with Gasteiger partial charge < -0.3 is 14.8 Å². The third kappa shape index (κ3) is 3.68. The number of amides is 1. The van der Waals surface area contributed by atoms with Gasteiger partial charge in [-0.3, -0.25) is 14.9 Å². The van der Waals surface area contributed by atoms with Gasteiger partial charge >= 0.3 is 0 Å². The first-order chi connectivity index (χ1) is 12.5. The molecule has 2 aromatic carbocycles. The van der Waals surface area contributed by atoms with E-state index >= 15 is 0 Å². The van der Waals surface area contributed by atoms with Crippen molar-refractivity contribution in [2.24, 2.45) is 0 Å². The predicted octanol–water partition coefficient (Wildman–Crippen LogP) is 3.51. The van der Waals surface area contributed by atoms with Gasteiger partial charge in [0.15, 0.2) is 5.76 Å². The molecule has 0 aliphatic rings. The van der Waals surface area contributed by atoms with Gasteiger partial charge in [-0.15, -0.1) is 5.75 Å². The summed E-state index contributed by atoms with van der Waals surface area (Å²) in [5.41, 5.74) is 0.548. The van der Waals surface area contributed by atoms with Crippen molar-refractivity contribution >= 4 is 23.2 Å². The summed E-state index contributed by atoms with van der Waals surface area (Å²) in [5, 5.41) is 25.5. The Labute approximate surface area is 153 Å². The molecule has 26 heavy (non-hydrogen) atoms. The number of hydrogen-bond acceptors (Lipinski definition) is 5. The number of benzene rings is 2. The molecular formula is C18H12ClN2O5-. The van der Waals surface area contributed by atoms with Crippen LogP contribution in [0.25, 0.3) is 11.3 Å². The number of nitro groups is 1. The number of nitro benzene ring substituents is 1. The largest absolute Gasteiger partial charge is 0.872 e. The molecule has 3 aromatic rings. The number of nitrogens with one attached hydrogen (secondary N) is 1. The molecule has 0 aliphatic carbocycles. The summed E-state index contributed by atoms with van der Waals surface area (Å²) < 4.78 is 5.51. The summed E-state index contributed by atoms with van der Waals surface area (Å²) in [6, 6.07) is 13.5. The van der Waals surface area contributed by atoms with E-state index in [1.807, 2.05) is 0 Å². The number of halogens is 1. The van der Waals surface area contributed by atoms with Crippen molar-refractivity contribution in [1.29, 1.82) is 0 Å². The number of nitrogens with zero attached hydrogens (tertiary/aromatic N) is 1. The SMILES string of the molecule is O=C(NCc1cc([N+](=O)[O-])ccc1[O-])c1ccc(-c2ccccc2Cl)o1. The number of furan rings is 1. The maximum Gasteiger partial charge on any atom is 0.287 e. The molecule has 1 heterocycles. The van der Waals surface area contributed by atoms with Crippen molar-refractivity contribution < 1.29 is 19.2 Å². The lowest BCUT2D eigenvalue weighted by molar-refractivity contribution is -0.385. The van der Waals surface area contributed by atoms with Crippen LogP contribution in [0, 0.1) is 10.1 Å². The second-order valence-corrected chi connectivity index (χ2v) is 5.78. The third-order valence-electron chi connectivity index (χ3n) is 3.66. The summed E-state index contributed by atoms with van der Waals surface area (Å²) in [4.78, 5) is 22.4. The Morgan fingerprint density at radius 1 is 1.15 bits per heavy atom. The van der Waals surface area contributed by atoms with Crippen LogP contribution in [0.1, 0.15) is 16.1 Å². The van der Waals surface area contributed by atoms with E-state index in [-0.39, 0.29) is 23.6 Å². The Bertz CT molecular complexity index is 983. The Balaban J connectivity index is 1.73.